The van der Waals surface area contributed by atoms with Gasteiger partial charge in [0.15, 0.2) is 5.13 Å². The summed E-state index contributed by atoms with van der Waals surface area (Å²) >= 11 is 1.20. The Hall–Kier alpha value is -2.26. The van der Waals surface area contributed by atoms with Crippen molar-refractivity contribution in [1.82, 2.24) is 24.6 Å². The highest BCUT2D eigenvalue weighted by Crippen LogP contribution is 2.23. The van der Waals surface area contributed by atoms with E-state index in [4.69, 9.17) is 0 Å². The van der Waals surface area contributed by atoms with Gasteiger partial charge in [-0.25, -0.2) is 4.98 Å². The summed E-state index contributed by atoms with van der Waals surface area (Å²) in [6.07, 6.45) is 3.78. The summed E-state index contributed by atoms with van der Waals surface area (Å²) in [6, 6.07) is 0. The number of nitrogens with one attached hydrogen (secondary N) is 1. The summed E-state index contributed by atoms with van der Waals surface area (Å²) in [5.74, 6) is -0.275. The molecule has 0 saturated heterocycles. The van der Waals surface area contributed by atoms with Gasteiger partial charge in [0.1, 0.15) is 4.88 Å². The standard InChI is InChI=1S/C16H24N6O2S/c1-6-22-9-12(7-17-22)8-21(5)10-13(23)19-16-18-11(2)14(25-16)15(24)20(3)4/h7,9H,6,8,10H2,1-5H3,(H,18,19,23). The maximum atomic E-state index is 12.2. The van der Waals surface area contributed by atoms with Crippen molar-refractivity contribution in [2.75, 3.05) is 33.0 Å². The number of amides is 2. The molecule has 0 radical (unpaired) electrons. The first-order valence-electron chi connectivity index (χ1n) is 7.99. The monoisotopic (exact) mass is 364 g/mol. The van der Waals surface area contributed by atoms with E-state index < -0.39 is 0 Å². The zero-order chi connectivity index (χ0) is 18.6. The molecule has 2 rings (SSSR count). The second-order valence-electron chi connectivity index (χ2n) is 6.06. The van der Waals surface area contributed by atoms with Crippen molar-refractivity contribution in [1.29, 1.82) is 0 Å². The molecule has 0 aromatic carbocycles. The maximum Gasteiger partial charge on any atom is 0.265 e. The van der Waals surface area contributed by atoms with E-state index in [1.807, 2.05) is 29.7 Å². The number of aromatic nitrogens is 3. The molecule has 2 amide bonds. The molecule has 0 aliphatic heterocycles. The van der Waals surface area contributed by atoms with Crippen molar-refractivity contribution in [2.24, 2.45) is 0 Å². The third-order valence-corrected chi connectivity index (χ3v) is 4.58. The molecule has 0 bridgehead atoms. The van der Waals surface area contributed by atoms with E-state index in [1.54, 1.807) is 27.2 Å². The van der Waals surface area contributed by atoms with Gasteiger partial charge in [-0.3, -0.25) is 19.2 Å². The van der Waals surface area contributed by atoms with Crippen molar-refractivity contribution >= 4 is 28.3 Å². The van der Waals surface area contributed by atoms with Crippen LogP contribution in [0.1, 0.15) is 27.9 Å². The van der Waals surface area contributed by atoms with Crippen LogP contribution in [-0.2, 0) is 17.9 Å². The lowest BCUT2D eigenvalue weighted by atomic mass is 10.3. The zero-order valence-electron chi connectivity index (χ0n) is 15.2. The molecule has 0 atom stereocenters. The van der Waals surface area contributed by atoms with Crippen LogP contribution in [0.4, 0.5) is 5.13 Å². The van der Waals surface area contributed by atoms with E-state index in [0.717, 1.165) is 12.1 Å². The Labute approximate surface area is 151 Å². The number of anilines is 1. The lowest BCUT2D eigenvalue weighted by Gasteiger charge is -2.14. The second kappa shape index (κ2) is 8.21. The van der Waals surface area contributed by atoms with Crippen LogP contribution in [0, 0.1) is 6.92 Å². The molecular weight excluding hydrogens is 340 g/mol. The Balaban J connectivity index is 1.91. The van der Waals surface area contributed by atoms with Gasteiger partial charge in [0.25, 0.3) is 5.91 Å². The van der Waals surface area contributed by atoms with Crippen LogP contribution in [0.2, 0.25) is 0 Å². The summed E-state index contributed by atoms with van der Waals surface area (Å²) in [4.78, 5) is 32.4. The van der Waals surface area contributed by atoms with Gasteiger partial charge < -0.3 is 10.2 Å². The van der Waals surface area contributed by atoms with E-state index in [1.165, 1.54) is 16.2 Å². The third-order valence-electron chi connectivity index (χ3n) is 3.52. The summed E-state index contributed by atoms with van der Waals surface area (Å²) in [5.41, 5.74) is 1.68. The normalized spacial score (nSPS) is 11.0. The molecule has 0 fully saturated rings. The molecule has 0 spiro atoms. The molecule has 2 heterocycles. The van der Waals surface area contributed by atoms with Crippen LogP contribution in [0.15, 0.2) is 12.4 Å². The molecule has 2 aromatic heterocycles. The quantitative estimate of drug-likeness (QED) is 0.804. The number of likely N-dealkylation sites (N-methyl/N-ethyl adjacent to an activating group) is 1. The third kappa shape index (κ3) is 5.10. The largest absolute Gasteiger partial charge is 0.344 e. The van der Waals surface area contributed by atoms with Gasteiger partial charge in [-0.15, -0.1) is 0 Å². The molecule has 0 unspecified atom stereocenters. The number of thiazole rings is 1. The highest BCUT2D eigenvalue weighted by molar-refractivity contribution is 7.17. The molecule has 1 N–H and O–H groups in total. The fourth-order valence-corrected chi connectivity index (χ4v) is 3.29. The van der Waals surface area contributed by atoms with Gasteiger partial charge in [-0.2, -0.15) is 5.10 Å². The minimum Gasteiger partial charge on any atom is -0.344 e. The Kier molecular flexibility index (Phi) is 6.27. The molecule has 9 heteroatoms. The number of nitrogens with zero attached hydrogens (tertiary/aromatic N) is 5. The highest BCUT2D eigenvalue weighted by Gasteiger charge is 2.18. The first-order valence-corrected chi connectivity index (χ1v) is 8.80. The second-order valence-corrected chi connectivity index (χ2v) is 7.06. The average Bonchev–Trinajstić information content (AvgIpc) is 3.12. The Morgan fingerprint density at radius 3 is 2.64 bits per heavy atom. The smallest absolute Gasteiger partial charge is 0.265 e. The number of hydrogen-bond donors (Lipinski definition) is 1. The summed E-state index contributed by atoms with van der Waals surface area (Å²) in [5, 5.41) is 7.43. The van der Waals surface area contributed by atoms with Gasteiger partial charge in [-0.05, 0) is 20.9 Å². The molecular formula is C16H24N6O2S. The molecule has 0 saturated carbocycles. The lowest BCUT2D eigenvalue weighted by Crippen LogP contribution is -2.29. The molecule has 0 aliphatic rings. The van der Waals surface area contributed by atoms with Crippen LogP contribution < -0.4 is 5.32 Å². The van der Waals surface area contributed by atoms with E-state index in [2.05, 4.69) is 15.4 Å². The number of carbonyl (C=O) groups excluding carboxylic acids is 2. The summed E-state index contributed by atoms with van der Waals surface area (Å²) < 4.78 is 1.85. The van der Waals surface area contributed by atoms with Gasteiger partial charge >= 0.3 is 0 Å². The molecule has 25 heavy (non-hydrogen) atoms. The Morgan fingerprint density at radius 2 is 2.04 bits per heavy atom. The number of rotatable bonds is 7. The van der Waals surface area contributed by atoms with Crippen molar-refractivity contribution < 1.29 is 9.59 Å². The van der Waals surface area contributed by atoms with Crippen LogP contribution in [0.5, 0.6) is 0 Å². The van der Waals surface area contributed by atoms with Gasteiger partial charge in [-0.1, -0.05) is 11.3 Å². The highest BCUT2D eigenvalue weighted by atomic mass is 32.1. The predicted octanol–water partition coefficient (Wildman–Crippen LogP) is 1.44. The minimum atomic E-state index is -0.164. The fourth-order valence-electron chi connectivity index (χ4n) is 2.28. The fraction of sp³-hybridized carbons (Fsp3) is 0.500. The maximum absolute atomic E-state index is 12.2. The molecule has 8 nitrogen and oxygen atoms in total. The van der Waals surface area contributed by atoms with Gasteiger partial charge in [0.05, 0.1) is 18.4 Å². The van der Waals surface area contributed by atoms with E-state index in [9.17, 15) is 9.59 Å². The van der Waals surface area contributed by atoms with E-state index in [-0.39, 0.29) is 18.4 Å². The van der Waals surface area contributed by atoms with Gasteiger partial charge in [0.2, 0.25) is 5.91 Å². The van der Waals surface area contributed by atoms with Crippen LogP contribution >= 0.6 is 11.3 Å². The van der Waals surface area contributed by atoms with Gasteiger partial charge in [0, 0.05) is 38.9 Å². The zero-order valence-corrected chi connectivity index (χ0v) is 16.1. The lowest BCUT2D eigenvalue weighted by molar-refractivity contribution is -0.117. The van der Waals surface area contributed by atoms with Crippen molar-refractivity contribution in [3.05, 3.63) is 28.5 Å². The van der Waals surface area contributed by atoms with Crippen LogP contribution in [0.25, 0.3) is 0 Å². The summed E-state index contributed by atoms with van der Waals surface area (Å²) in [7, 11) is 5.25. The SMILES string of the molecule is CCn1cc(CN(C)CC(=O)Nc2nc(C)c(C(=O)N(C)C)s2)cn1. The molecule has 2 aromatic rings. The number of hydrogen-bond acceptors (Lipinski definition) is 6. The summed E-state index contributed by atoms with van der Waals surface area (Å²) in [6.45, 7) is 5.48. The van der Waals surface area contributed by atoms with Crippen LogP contribution in [-0.4, -0.2) is 64.1 Å². The first kappa shape index (κ1) is 19.1. The van der Waals surface area contributed by atoms with Crippen molar-refractivity contribution in [3.8, 4) is 0 Å². The van der Waals surface area contributed by atoms with E-state index >= 15 is 0 Å². The number of aryl methyl sites for hydroxylation is 2. The van der Waals surface area contributed by atoms with E-state index in [0.29, 0.717) is 22.2 Å². The number of carbonyl (C=O) groups is 2. The topological polar surface area (TPSA) is 83.4 Å². The predicted molar refractivity (Wildman–Crippen MR) is 97.7 cm³/mol. The molecule has 0 aliphatic carbocycles. The van der Waals surface area contributed by atoms with Crippen molar-refractivity contribution in [3.63, 3.8) is 0 Å². The average molecular weight is 364 g/mol. The minimum absolute atomic E-state index is 0.111. The molecule has 136 valence electrons. The van der Waals surface area contributed by atoms with Crippen LogP contribution in [0.3, 0.4) is 0 Å². The Bertz CT molecular complexity index is 752. The van der Waals surface area contributed by atoms with Crippen molar-refractivity contribution in [2.45, 2.75) is 26.9 Å². The Morgan fingerprint density at radius 1 is 1.32 bits per heavy atom. The first-order chi connectivity index (χ1) is 11.8.